The molecule has 2 atom stereocenters. The fourth-order valence-corrected chi connectivity index (χ4v) is 2.93. The van der Waals surface area contributed by atoms with Crippen LogP contribution in [-0.4, -0.2) is 47.0 Å². The fraction of sp³-hybridized carbons (Fsp3) is 0.438. The van der Waals surface area contributed by atoms with Gasteiger partial charge >= 0.3 is 5.97 Å². The summed E-state index contributed by atoms with van der Waals surface area (Å²) in [5, 5.41) is 11.9. The van der Waals surface area contributed by atoms with Gasteiger partial charge in [0.15, 0.2) is 11.9 Å². The monoisotopic (exact) mass is 318 g/mol. The highest BCUT2D eigenvalue weighted by Crippen LogP contribution is 2.34. The number of carboxylic acid groups (broad SMARTS) is 1. The van der Waals surface area contributed by atoms with E-state index < -0.39 is 18.0 Å². The standard InChI is InChI=1S/C16H18N2O5/c1-9-14(19)17-12-6-2-5-11(13(12)23-9)15(20)18-7-3-4-10(8-18)16(21)22/h2,5-6,9-10H,3-4,7-8H2,1H3,(H,17,19)(H,21,22). The van der Waals surface area contributed by atoms with E-state index in [-0.39, 0.29) is 18.4 Å². The summed E-state index contributed by atoms with van der Waals surface area (Å²) in [5.74, 6) is -1.59. The number of para-hydroxylation sites is 1. The number of carbonyl (C=O) groups is 3. The Morgan fingerprint density at radius 3 is 2.91 bits per heavy atom. The first kappa shape index (κ1) is 15.3. The predicted molar refractivity (Wildman–Crippen MR) is 81.4 cm³/mol. The molecule has 2 aliphatic rings. The largest absolute Gasteiger partial charge is 0.481 e. The Labute approximate surface area is 133 Å². The summed E-state index contributed by atoms with van der Waals surface area (Å²) >= 11 is 0. The molecule has 0 aromatic heterocycles. The lowest BCUT2D eigenvalue weighted by molar-refractivity contribution is -0.143. The van der Waals surface area contributed by atoms with Crippen LogP contribution < -0.4 is 10.1 Å². The minimum atomic E-state index is -0.880. The minimum absolute atomic E-state index is 0.194. The number of nitrogens with one attached hydrogen (secondary N) is 1. The fourth-order valence-electron chi connectivity index (χ4n) is 2.93. The maximum atomic E-state index is 12.8. The normalized spacial score (nSPS) is 23.5. The molecule has 2 N–H and O–H groups in total. The van der Waals surface area contributed by atoms with Crippen LogP contribution in [0, 0.1) is 5.92 Å². The second-order valence-electron chi connectivity index (χ2n) is 5.86. The van der Waals surface area contributed by atoms with Crippen LogP contribution in [0.4, 0.5) is 5.69 Å². The van der Waals surface area contributed by atoms with Crippen molar-refractivity contribution in [1.82, 2.24) is 4.90 Å². The number of benzene rings is 1. The highest BCUT2D eigenvalue weighted by Gasteiger charge is 2.32. The van der Waals surface area contributed by atoms with Crippen LogP contribution in [0.1, 0.15) is 30.1 Å². The molecule has 0 bridgehead atoms. The molecule has 7 nitrogen and oxygen atoms in total. The molecule has 0 aliphatic carbocycles. The highest BCUT2D eigenvalue weighted by atomic mass is 16.5. The Bertz CT molecular complexity index is 672. The number of amides is 2. The Kier molecular flexibility index (Phi) is 3.94. The van der Waals surface area contributed by atoms with Crippen LogP contribution in [0.5, 0.6) is 5.75 Å². The number of carbonyl (C=O) groups excluding carboxylic acids is 2. The van der Waals surface area contributed by atoms with Crippen LogP contribution in [0.15, 0.2) is 18.2 Å². The third-order valence-electron chi connectivity index (χ3n) is 4.23. The number of anilines is 1. The number of hydrogen-bond donors (Lipinski definition) is 2. The van der Waals surface area contributed by atoms with Crippen LogP contribution in [-0.2, 0) is 9.59 Å². The van der Waals surface area contributed by atoms with Crippen molar-refractivity contribution < 1.29 is 24.2 Å². The van der Waals surface area contributed by atoms with Gasteiger partial charge in [0.05, 0.1) is 17.2 Å². The van der Waals surface area contributed by atoms with Gasteiger partial charge in [-0.3, -0.25) is 14.4 Å². The molecular weight excluding hydrogens is 300 g/mol. The zero-order valence-electron chi connectivity index (χ0n) is 12.7. The SMILES string of the molecule is CC1Oc2c(cccc2C(=O)N2CCCC(C(=O)O)C2)NC1=O. The first-order chi connectivity index (χ1) is 11.0. The van der Waals surface area contributed by atoms with Crippen molar-refractivity contribution >= 4 is 23.5 Å². The van der Waals surface area contributed by atoms with E-state index in [1.54, 1.807) is 30.0 Å². The minimum Gasteiger partial charge on any atom is -0.481 e. The summed E-state index contributed by atoms with van der Waals surface area (Å²) < 4.78 is 5.59. The number of likely N-dealkylation sites (tertiary alicyclic amines) is 1. The van der Waals surface area contributed by atoms with Gasteiger partial charge in [-0.05, 0) is 31.9 Å². The molecule has 2 unspecified atom stereocenters. The second-order valence-corrected chi connectivity index (χ2v) is 5.86. The zero-order chi connectivity index (χ0) is 16.6. The number of hydrogen-bond acceptors (Lipinski definition) is 4. The van der Waals surface area contributed by atoms with Gasteiger partial charge in [0.1, 0.15) is 0 Å². The van der Waals surface area contributed by atoms with Crippen LogP contribution in [0.25, 0.3) is 0 Å². The Balaban J connectivity index is 1.87. The molecule has 2 aliphatic heterocycles. The van der Waals surface area contributed by atoms with Crippen molar-refractivity contribution in [3.8, 4) is 5.75 Å². The van der Waals surface area contributed by atoms with Crippen molar-refractivity contribution in [2.75, 3.05) is 18.4 Å². The van der Waals surface area contributed by atoms with E-state index in [0.717, 1.165) is 0 Å². The van der Waals surface area contributed by atoms with E-state index in [2.05, 4.69) is 5.32 Å². The highest BCUT2D eigenvalue weighted by molar-refractivity contribution is 6.04. The number of rotatable bonds is 2. The molecule has 23 heavy (non-hydrogen) atoms. The third kappa shape index (κ3) is 2.86. The first-order valence-corrected chi connectivity index (χ1v) is 7.60. The lowest BCUT2D eigenvalue weighted by Crippen LogP contribution is -2.43. The van der Waals surface area contributed by atoms with Crippen molar-refractivity contribution in [2.24, 2.45) is 5.92 Å². The number of piperidine rings is 1. The van der Waals surface area contributed by atoms with Gasteiger partial charge in [-0.25, -0.2) is 0 Å². The van der Waals surface area contributed by atoms with E-state index in [1.807, 2.05) is 0 Å². The van der Waals surface area contributed by atoms with E-state index >= 15 is 0 Å². The van der Waals surface area contributed by atoms with Gasteiger partial charge in [0, 0.05) is 13.1 Å². The van der Waals surface area contributed by atoms with Crippen molar-refractivity contribution in [3.05, 3.63) is 23.8 Å². The maximum Gasteiger partial charge on any atom is 0.308 e. The van der Waals surface area contributed by atoms with Crippen LogP contribution >= 0.6 is 0 Å². The smallest absolute Gasteiger partial charge is 0.308 e. The van der Waals surface area contributed by atoms with Gasteiger partial charge in [0.25, 0.3) is 11.8 Å². The lowest BCUT2D eigenvalue weighted by Gasteiger charge is -2.32. The summed E-state index contributed by atoms with van der Waals surface area (Å²) in [6.07, 6.45) is 0.561. The van der Waals surface area contributed by atoms with Crippen LogP contribution in [0.2, 0.25) is 0 Å². The molecule has 122 valence electrons. The summed E-state index contributed by atoms with van der Waals surface area (Å²) in [6.45, 7) is 2.33. The zero-order valence-corrected chi connectivity index (χ0v) is 12.7. The molecule has 0 radical (unpaired) electrons. The number of ether oxygens (including phenoxy) is 1. The van der Waals surface area contributed by atoms with Gasteiger partial charge in [-0.1, -0.05) is 6.07 Å². The lowest BCUT2D eigenvalue weighted by atomic mass is 9.97. The van der Waals surface area contributed by atoms with Crippen molar-refractivity contribution in [3.63, 3.8) is 0 Å². The molecule has 1 aromatic carbocycles. The topological polar surface area (TPSA) is 95.9 Å². The number of carboxylic acids is 1. The van der Waals surface area contributed by atoms with Crippen molar-refractivity contribution in [1.29, 1.82) is 0 Å². The third-order valence-corrected chi connectivity index (χ3v) is 4.23. The van der Waals surface area contributed by atoms with Gasteiger partial charge < -0.3 is 20.1 Å². The Hall–Kier alpha value is -2.57. The van der Waals surface area contributed by atoms with Gasteiger partial charge in [-0.15, -0.1) is 0 Å². The summed E-state index contributed by atoms with van der Waals surface area (Å²) in [4.78, 5) is 37.1. The number of nitrogens with zero attached hydrogens (tertiary/aromatic N) is 1. The van der Waals surface area contributed by atoms with E-state index in [1.165, 1.54) is 0 Å². The summed E-state index contributed by atoms with van der Waals surface area (Å²) in [6, 6.07) is 4.98. The summed E-state index contributed by atoms with van der Waals surface area (Å²) in [5.41, 5.74) is 0.811. The molecule has 0 spiro atoms. The van der Waals surface area contributed by atoms with Gasteiger partial charge in [0.2, 0.25) is 0 Å². The van der Waals surface area contributed by atoms with Gasteiger partial charge in [-0.2, -0.15) is 0 Å². The molecule has 1 aromatic rings. The maximum absolute atomic E-state index is 12.8. The molecule has 7 heteroatoms. The van der Waals surface area contributed by atoms with E-state index in [4.69, 9.17) is 9.84 Å². The first-order valence-electron chi connectivity index (χ1n) is 7.60. The van der Waals surface area contributed by atoms with E-state index in [9.17, 15) is 14.4 Å². The quantitative estimate of drug-likeness (QED) is 0.858. The number of aliphatic carboxylic acids is 1. The summed E-state index contributed by atoms with van der Waals surface area (Å²) in [7, 11) is 0. The molecule has 1 fully saturated rings. The molecular formula is C16H18N2O5. The molecule has 2 heterocycles. The predicted octanol–water partition coefficient (Wildman–Crippen LogP) is 1.34. The number of fused-ring (bicyclic) bond motifs is 1. The van der Waals surface area contributed by atoms with E-state index in [0.29, 0.717) is 36.4 Å². The molecule has 0 saturated carbocycles. The molecule has 2 amide bonds. The second kappa shape index (κ2) is 5.91. The Morgan fingerprint density at radius 2 is 2.17 bits per heavy atom. The molecule has 1 saturated heterocycles. The Morgan fingerprint density at radius 1 is 1.39 bits per heavy atom. The molecule has 3 rings (SSSR count). The average molecular weight is 318 g/mol. The van der Waals surface area contributed by atoms with Crippen LogP contribution in [0.3, 0.4) is 0 Å². The average Bonchev–Trinajstić information content (AvgIpc) is 2.55. The van der Waals surface area contributed by atoms with Crippen molar-refractivity contribution in [2.45, 2.75) is 25.9 Å².